The lowest BCUT2D eigenvalue weighted by molar-refractivity contribution is -0.136. The van der Waals surface area contributed by atoms with Crippen LogP contribution in [0.5, 0.6) is 0 Å². The van der Waals surface area contributed by atoms with E-state index in [-0.39, 0.29) is 6.42 Å². The third-order valence-electron chi connectivity index (χ3n) is 3.55. The van der Waals surface area contributed by atoms with Gasteiger partial charge in [-0.15, -0.1) is 0 Å². The Labute approximate surface area is 129 Å². The van der Waals surface area contributed by atoms with E-state index < -0.39 is 11.9 Å². The molecule has 0 aliphatic carbocycles. The number of hydrogen-bond acceptors (Lipinski definition) is 3. The number of carbonyl (C=O) groups is 2. The number of aliphatic carboxylic acids is 1. The van der Waals surface area contributed by atoms with Crippen LogP contribution in [0, 0.1) is 6.92 Å². The first kappa shape index (κ1) is 15.8. The molecule has 0 fully saturated rings. The van der Waals surface area contributed by atoms with E-state index in [1.54, 1.807) is 12.1 Å². The molecule has 0 aliphatic heterocycles. The second-order valence-corrected chi connectivity index (χ2v) is 5.08. The van der Waals surface area contributed by atoms with Crippen LogP contribution in [-0.4, -0.2) is 24.2 Å². The predicted octanol–water partition coefficient (Wildman–Crippen LogP) is 3.47. The molecule has 0 aromatic heterocycles. The van der Waals surface area contributed by atoms with Crippen LogP contribution >= 0.6 is 0 Å². The fraction of sp³-hybridized carbons (Fsp3) is 0.222. The first-order valence-electron chi connectivity index (χ1n) is 7.02. The van der Waals surface area contributed by atoms with Crippen molar-refractivity contribution in [1.29, 1.82) is 0 Å². The molecule has 0 heterocycles. The molecule has 2 rings (SSSR count). The van der Waals surface area contributed by atoms with Crippen molar-refractivity contribution in [1.82, 2.24) is 0 Å². The fourth-order valence-corrected chi connectivity index (χ4v) is 2.38. The maximum Gasteiger partial charge on any atom is 0.338 e. The molecular formula is C18H18O4. The molecule has 0 unspecified atom stereocenters. The van der Waals surface area contributed by atoms with Crippen molar-refractivity contribution in [3.05, 3.63) is 59.2 Å². The first-order valence-corrected chi connectivity index (χ1v) is 7.02. The van der Waals surface area contributed by atoms with Gasteiger partial charge in [-0.1, -0.05) is 36.4 Å². The number of rotatable bonds is 5. The van der Waals surface area contributed by atoms with Gasteiger partial charge in [0.05, 0.1) is 12.7 Å². The van der Waals surface area contributed by atoms with Gasteiger partial charge in [0, 0.05) is 6.42 Å². The molecule has 4 nitrogen and oxygen atoms in total. The van der Waals surface area contributed by atoms with Crippen LogP contribution in [0.3, 0.4) is 0 Å². The van der Waals surface area contributed by atoms with Gasteiger partial charge in [0.25, 0.3) is 0 Å². The summed E-state index contributed by atoms with van der Waals surface area (Å²) in [5.74, 6) is -1.24. The van der Waals surface area contributed by atoms with Crippen LogP contribution < -0.4 is 0 Å². The minimum atomic E-state index is -0.838. The number of carboxylic acid groups (broad SMARTS) is 1. The summed E-state index contributed by atoms with van der Waals surface area (Å²) >= 11 is 0. The van der Waals surface area contributed by atoms with Crippen molar-refractivity contribution in [2.75, 3.05) is 7.11 Å². The highest BCUT2D eigenvalue weighted by atomic mass is 16.5. The summed E-state index contributed by atoms with van der Waals surface area (Å²) in [7, 11) is 1.35. The van der Waals surface area contributed by atoms with Crippen molar-refractivity contribution in [3.8, 4) is 11.1 Å². The number of aryl methyl sites for hydroxylation is 2. The minimum absolute atomic E-state index is 0.0603. The average Bonchev–Trinajstić information content (AvgIpc) is 2.52. The number of carbonyl (C=O) groups excluding carboxylic acids is 1. The standard InChI is InChI=1S/C18H18O4/c1-12-5-3-4-6-14(12)16-11-13(8-10-17(19)20)7-9-15(16)18(21)22-2/h3-7,9,11H,8,10H2,1-2H3,(H,19,20). The quantitative estimate of drug-likeness (QED) is 0.859. The normalized spacial score (nSPS) is 10.3. The zero-order chi connectivity index (χ0) is 16.1. The summed E-state index contributed by atoms with van der Waals surface area (Å²) in [6.45, 7) is 1.97. The number of benzene rings is 2. The van der Waals surface area contributed by atoms with E-state index in [1.165, 1.54) is 7.11 Å². The summed E-state index contributed by atoms with van der Waals surface area (Å²) in [5.41, 5.74) is 4.13. The van der Waals surface area contributed by atoms with Crippen LogP contribution in [-0.2, 0) is 16.0 Å². The highest BCUT2D eigenvalue weighted by Gasteiger charge is 2.15. The van der Waals surface area contributed by atoms with Crippen LogP contribution in [0.25, 0.3) is 11.1 Å². The molecule has 0 saturated carbocycles. The zero-order valence-corrected chi connectivity index (χ0v) is 12.6. The van der Waals surface area contributed by atoms with Crippen LogP contribution in [0.15, 0.2) is 42.5 Å². The Kier molecular flexibility index (Phi) is 4.94. The monoisotopic (exact) mass is 298 g/mol. The van der Waals surface area contributed by atoms with Crippen LogP contribution in [0.2, 0.25) is 0 Å². The van der Waals surface area contributed by atoms with E-state index in [9.17, 15) is 9.59 Å². The summed E-state index contributed by atoms with van der Waals surface area (Å²) < 4.78 is 4.84. The molecule has 2 aromatic carbocycles. The Morgan fingerprint density at radius 1 is 1.09 bits per heavy atom. The molecule has 22 heavy (non-hydrogen) atoms. The lowest BCUT2D eigenvalue weighted by atomic mass is 9.93. The van der Waals surface area contributed by atoms with Gasteiger partial charge in [-0.3, -0.25) is 4.79 Å². The minimum Gasteiger partial charge on any atom is -0.481 e. The van der Waals surface area contributed by atoms with E-state index in [2.05, 4.69) is 0 Å². The predicted molar refractivity (Wildman–Crippen MR) is 83.9 cm³/mol. The van der Waals surface area contributed by atoms with Crippen molar-refractivity contribution >= 4 is 11.9 Å². The van der Waals surface area contributed by atoms with Crippen molar-refractivity contribution < 1.29 is 19.4 Å². The Morgan fingerprint density at radius 2 is 1.82 bits per heavy atom. The first-order chi connectivity index (χ1) is 10.5. The molecule has 1 N–H and O–H groups in total. The van der Waals surface area contributed by atoms with Gasteiger partial charge in [-0.25, -0.2) is 4.79 Å². The third kappa shape index (κ3) is 3.52. The van der Waals surface area contributed by atoms with Gasteiger partial charge in [-0.2, -0.15) is 0 Å². The molecule has 0 spiro atoms. The Bertz CT molecular complexity index is 704. The second-order valence-electron chi connectivity index (χ2n) is 5.08. The molecule has 2 aromatic rings. The van der Waals surface area contributed by atoms with Crippen molar-refractivity contribution in [2.45, 2.75) is 19.8 Å². The van der Waals surface area contributed by atoms with Crippen molar-refractivity contribution in [2.24, 2.45) is 0 Å². The smallest absolute Gasteiger partial charge is 0.338 e. The molecule has 0 aliphatic rings. The van der Waals surface area contributed by atoms with Crippen molar-refractivity contribution in [3.63, 3.8) is 0 Å². The lowest BCUT2D eigenvalue weighted by Crippen LogP contribution is -2.05. The second kappa shape index (κ2) is 6.89. The summed E-state index contributed by atoms with van der Waals surface area (Å²) in [5, 5.41) is 8.81. The highest BCUT2D eigenvalue weighted by molar-refractivity contribution is 5.97. The fourth-order valence-electron chi connectivity index (χ4n) is 2.38. The number of ether oxygens (including phenoxy) is 1. The van der Waals surface area contributed by atoms with E-state index >= 15 is 0 Å². The summed E-state index contributed by atoms with van der Waals surface area (Å²) in [4.78, 5) is 22.7. The molecule has 0 bridgehead atoms. The molecule has 4 heteroatoms. The van der Waals surface area contributed by atoms with Gasteiger partial charge in [0.1, 0.15) is 0 Å². The van der Waals surface area contributed by atoms with Crippen LogP contribution in [0.4, 0.5) is 0 Å². The maximum atomic E-state index is 12.0. The summed E-state index contributed by atoms with van der Waals surface area (Å²) in [6.07, 6.45) is 0.487. The number of methoxy groups -OCH3 is 1. The molecular weight excluding hydrogens is 280 g/mol. The maximum absolute atomic E-state index is 12.0. The largest absolute Gasteiger partial charge is 0.481 e. The zero-order valence-electron chi connectivity index (χ0n) is 12.6. The number of carboxylic acids is 1. The lowest BCUT2D eigenvalue weighted by Gasteiger charge is -2.12. The van der Waals surface area contributed by atoms with E-state index in [0.717, 1.165) is 22.3 Å². The van der Waals surface area contributed by atoms with E-state index in [4.69, 9.17) is 9.84 Å². The van der Waals surface area contributed by atoms with E-state index in [1.807, 2.05) is 37.3 Å². The Hall–Kier alpha value is -2.62. The topological polar surface area (TPSA) is 63.6 Å². The molecule has 0 amide bonds. The molecule has 0 atom stereocenters. The molecule has 0 saturated heterocycles. The average molecular weight is 298 g/mol. The van der Waals surface area contributed by atoms with Gasteiger partial charge in [0.2, 0.25) is 0 Å². The number of hydrogen-bond donors (Lipinski definition) is 1. The van der Waals surface area contributed by atoms with Crippen LogP contribution in [0.1, 0.15) is 27.9 Å². The third-order valence-corrected chi connectivity index (χ3v) is 3.55. The Morgan fingerprint density at radius 3 is 2.45 bits per heavy atom. The van der Waals surface area contributed by atoms with Gasteiger partial charge in [-0.05, 0) is 41.7 Å². The van der Waals surface area contributed by atoms with Gasteiger partial charge >= 0.3 is 11.9 Å². The van der Waals surface area contributed by atoms with Gasteiger partial charge < -0.3 is 9.84 Å². The SMILES string of the molecule is COC(=O)c1ccc(CCC(=O)O)cc1-c1ccccc1C. The summed E-state index contributed by atoms with van der Waals surface area (Å²) in [6, 6.07) is 13.1. The number of esters is 1. The Balaban J connectivity index is 2.51. The van der Waals surface area contributed by atoms with Gasteiger partial charge in [0.15, 0.2) is 0 Å². The molecule has 114 valence electrons. The highest BCUT2D eigenvalue weighted by Crippen LogP contribution is 2.29. The van der Waals surface area contributed by atoms with E-state index in [0.29, 0.717) is 12.0 Å². The molecule has 0 radical (unpaired) electrons.